The van der Waals surface area contributed by atoms with Gasteiger partial charge in [0.15, 0.2) is 0 Å². The van der Waals surface area contributed by atoms with Gasteiger partial charge in [-0.2, -0.15) is 0 Å². The summed E-state index contributed by atoms with van der Waals surface area (Å²) in [5, 5.41) is 21.1. The van der Waals surface area contributed by atoms with E-state index in [1.807, 2.05) is 0 Å². The van der Waals surface area contributed by atoms with Gasteiger partial charge in [-0.3, -0.25) is 0 Å². The molecule has 0 aromatic heterocycles. The summed E-state index contributed by atoms with van der Waals surface area (Å²) in [6.07, 6.45) is 6.74. The number of aryl methyl sites for hydroxylation is 1. The van der Waals surface area contributed by atoms with Crippen molar-refractivity contribution < 1.29 is 29.3 Å². The molecule has 0 bridgehead atoms. The van der Waals surface area contributed by atoms with Crippen molar-refractivity contribution in [2.45, 2.75) is 89.5 Å². The smallest absolute Gasteiger partial charge is 0.450 e. The highest BCUT2D eigenvalue weighted by Crippen LogP contribution is 2.35. The molecule has 162 valence electrons. The Morgan fingerprint density at radius 2 is 1.59 bits per heavy atom. The van der Waals surface area contributed by atoms with Crippen LogP contribution in [-0.4, -0.2) is 34.4 Å². The molecular weight excluding hydrogens is 374 g/mol. The lowest BCUT2D eigenvalue weighted by Crippen LogP contribution is -2.39. The molecule has 0 radical (unpaired) electrons. The Bertz CT molecular complexity index is 629. The van der Waals surface area contributed by atoms with Crippen LogP contribution in [0.4, 0.5) is 9.59 Å². The molecule has 2 rings (SSSR count). The first-order chi connectivity index (χ1) is 13.9. The Labute approximate surface area is 172 Å². The van der Waals surface area contributed by atoms with Gasteiger partial charge in [0.2, 0.25) is 0 Å². The van der Waals surface area contributed by atoms with Crippen LogP contribution in [0.15, 0.2) is 24.3 Å². The summed E-state index contributed by atoms with van der Waals surface area (Å²) in [4.78, 5) is 21.8. The topological polar surface area (TPSA) is 105 Å². The molecule has 1 aliphatic carbocycles. The van der Waals surface area contributed by atoms with E-state index in [2.05, 4.69) is 36.5 Å². The lowest BCUT2D eigenvalue weighted by molar-refractivity contribution is -0.177. The van der Waals surface area contributed by atoms with Crippen LogP contribution in [0.1, 0.15) is 75.8 Å². The quantitative estimate of drug-likeness (QED) is 0.245. The van der Waals surface area contributed by atoms with Gasteiger partial charge in [-0.15, -0.1) is 0 Å². The van der Waals surface area contributed by atoms with Crippen molar-refractivity contribution in [3.8, 4) is 0 Å². The van der Waals surface area contributed by atoms with Gasteiger partial charge in [-0.1, -0.05) is 63.3 Å². The maximum Gasteiger partial charge on any atom is 0.509 e. The van der Waals surface area contributed by atoms with E-state index in [4.69, 9.17) is 19.7 Å². The maximum absolute atomic E-state index is 10.9. The molecule has 1 saturated carbocycles. The molecule has 1 unspecified atom stereocenters. The molecule has 0 aliphatic heterocycles. The molecular formula is C22H33NO6. The van der Waals surface area contributed by atoms with Crippen LogP contribution >= 0.6 is 0 Å². The first-order valence-corrected chi connectivity index (χ1v) is 10.6. The van der Waals surface area contributed by atoms with Crippen LogP contribution in [0.25, 0.3) is 0 Å². The van der Waals surface area contributed by atoms with Gasteiger partial charge in [-0.05, 0) is 30.4 Å². The monoisotopic (exact) mass is 407 g/mol. The molecule has 1 fully saturated rings. The number of hydrogen-bond donors (Lipinski definition) is 3. The third-order valence-electron chi connectivity index (χ3n) is 5.41. The van der Waals surface area contributed by atoms with E-state index in [1.165, 1.54) is 44.1 Å². The first-order valence-electron chi connectivity index (χ1n) is 10.6. The van der Waals surface area contributed by atoms with Gasteiger partial charge < -0.3 is 25.0 Å². The van der Waals surface area contributed by atoms with Crippen LogP contribution < -0.4 is 5.32 Å². The second kappa shape index (κ2) is 11.7. The molecule has 0 heterocycles. The second-order valence-electron chi connectivity index (χ2n) is 7.80. The minimum absolute atomic E-state index is 0.0727. The molecule has 3 N–H and O–H groups in total. The minimum atomic E-state index is -1.61. The fraction of sp³-hybridized carbons (Fsp3) is 0.636. The van der Waals surface area contributed by atoms with Crippen LogP contribution in [0.3, 0.4) is 0 Å². The molecule has 0 spiro atoms. The van der Waals surface area contributed by atoms with Crippen LogP contribution in [0.5, 0.6) is 0 Å². The zero-order valence-electron chi connectivity index (χ0n) is 17.2. The number of carboxylic acid groups (broad SMARTS) is 2. The third kappa shape index (κ3) is 8.31. The maximum atomic E-state index is 10.9. The summed E-state index contributed by atoms with van der Waals surface area (Å²) in [7, 11) is 0. The van der Waals surface area contributed by atoms with Crippen LogP contribution in [0, 0.1) is 0 Å². The van der Waals surface area contributed by atoms with Gasteiger partial charge in [0.05, 0.1) is 0 Å². The molecule has 7 heteroatoms. The van der Waals surface area contributed by atoms with Gasteiger partial charge in [-0.25, -0.2) is 9.59 Å². The predicted octanol–water partition coefficient (Wildman–Crippen LogP) is 5.32. The summed E-state index contributed by atoms with van der Waals surface area (Å²) in [6.45, 7) is 2.85. The Balaban J connectivity index is 1.74. The summed E-state index contributed by atoms with van der Waals surface area (Å²) in [6, 6.07) is 8.44. The molecule has 0 amide bonds. The number of nitrogens with one attached hydrogen (secondary N) is 1. The van der Waals surface area contributed by atoms with E-state index < -0.39 is 18.1 Å². The molecule has 0 saturated heterocycles. The van der Waals surface area contributed by atoms with Gasteiger partial charge in [0, 0.05) is 25.4 Å². The molecule has 7 nitrogen and oxygen atoms in total. The fourth-order valence-corrected chi connectivity index (χ4v) is 3.87. The zero-order chi connectivity index (χ0) is 21.1. The number of unbranched alkanes of at least 4 members (excludes halogenated alkanes) is 5. The van der Waals surface area contributed by atoms with Gasteiger partial charge >= 0.3 is 12.3 Å². The molecule has 1 aromatic rings. The molecule has 1 aromatic carbocycles. The normalized spacial score (nSPS) is 17.8. The average molecular weight is 408 g/mol. The van der Waals surface area contributed by atoms with Crippen molar-refractivity contribution >= 4 is 12.3 Å². The summed E-state index contributed by atoms with van der Waals surface area (Å²) < 4.78 is 9.50. The number of ether oxygens (including phenoxy) is 2. The second-order valence-corrected chi connectivity index (χ2v) is 7.80. The Hall–Kier alpha value is -2.28. The number of carbonyl (C=O) groups is 2. The van der Waals surface area contributed by atoms with Crippen molar-refractivity contribution in [3.63, 3.8) is 0 Å². The summed E-state index contributed by atoms with van der Waals surface area (Å²) >= 11 is 0. The van der Waals surface area contributed by atoms with E-state index in [9.17, 15) is 9.59 Å². The van der Waals surface area contributed by atoms with Crippen LogP contribution in [-0.2, 0) is 22.4 Å². The van der Waals surface area contributed by atoms with E-state index in [1.54, 1.807) is 0 Å². The lowest BCUT2D eigenvalue weighted by atomic mass is 10.0. The summed E-state index contributed by atoms with van der Waals surface area (Å²) in [5.41, 5.74) is 2.47. The van der Waals surface area contributed by atoms with Gasteiger partial charge in [0.25, 0.3) is 5.79 Å². The fourth-order valence-electron chi connectivity index (χ4n) is 3.87. The Kier molecular flexibility index (Phi) is 9.25. The highest BCUT2D eigenvalue weighted by molar-refractivity contribution is 5.60. The zero-order valence-corrected chi connectivity index (χ0v) is 17.2. The van der Waals surface area contributed by atoms with E-state index in [0.717, 1.165) is 12.0 Å². The lowest BCUT2D eigenvalue weighted by Gasteiger charge is -2.26. The molecule has 29 heavy (non-hydrogen) atoms. The first kappa shape index (κ1) is 23.0. The minimum Gasteiger partial charge on any atom is -0.450 e. The highest BCUT2D eigenvalue weighted by Gasteiger charge is 2.46. The SMILES string of the molecule is CCCCCCCCc1ccc(CNC2CCC(OC(=O)O)(OC(=O)O)C2)cc1. The number of rotatable bonds is 12. The van der Waals surface area contributed by atoms with Crippen molar-refractivity contribution in [1.29, 1.82) is 0 Å². The van der Waals surface area contributed by atoms with Crippen molar-refractivity contribution in [2.24, 2.45) is 0 Å². The molecule has 1 atom stereocenters. The summed E-state index contributed by atoms with van der Waals surface area (Å²) in [5.74, 6) is -1.61. The number of hydrogen-bond acceptors (Lipinski definition) is 5. The van der Waals surface area contributed by atoms with Crippen molar-refractivity contribution in [3.05, 3.63) is 35.4 Å². The Morgan fingerprint density at radius 3 is 2.21 bits per heavy atom. The predicted molar refractivity (Wildman–Crippen MR) is 109 cm³/mol. The van der Waals surface area contributed by atoms with E-state index in [-0.39, 0.29) is 18.9 Å². The Morgan fingerprint density at radius 1 is 1.00 bits per heavy atom. The largest absolute Gasteiger partial charge is 0.509 e. The van der Waals surface area contributed by atoms with Crippen LogP contribution in [0.2, 0.25) is 0 Å². The van der Waals surface area contributed by atoms with Gasteiger partial charge in [0.1, 0.15) is 0 Å². The van der Waals surface area contributed by atoms with E-state index in [0.29, 0.717) is 13.0 Å². The standard InChI is InChI=1S/C22H33NO6/c1-2-3-4-5-6-7-8-17-9-11-18(12-10-17)16-23-19-13-14-22(15-19,28-20(24)25)29-21(26)27/h9-12,19,23H,2-8,13-16H2,1H3,(H,24,25)(H,26,27). The highest BCUT2D eigenvalue weighted by atomic mass is 16.8. The number of benzene rings is 1. The third-order valence-corrected chi connectivity index (χ3v) is 5.41. The van der Waals surface area contributed by atoms with E-state index >= 15 is 0 Å². The van der Waals surface area contributed by atoms with Crippen molar-refractivity contribution in [2.75, 3.05) is 0 Å². The van der Waals surface area contributed by atoms with Crippen molar-refractivity contribution in [1.82, 2.24) is 5.32 Å². The molecule has 1 aliphatic rings. The average Bonchev–Trinajstić information content (AvgIpc) is 3.04.